The van der Waals surface area contributed by atoms with Crippen LogP contribution in [-0.4, -0.2) is 39.3 Å². The van der Waals surface area contributed by atoms with Crippen molar-refractivity contribution in [3.63, 3.8) is 0 Å². The van der Waals surface area contributed by atoms with Gasteiger partial charge in [0, 0.05) is 19.2 Å². The first-order valence-corrected chi connectivity index (χ1v) is 6.72. The van der Waals surface area contributed by atoms with Crippen LogP contribution in [0.1, 0.15) is 25.5 Å². The molecule has 112 valence electrons. The van der Waals surface area contributed by atoms with Gasteiger partial charge < -0.3 is 20.1 Å². The molecule has 20 heavy (non-hydrogen) atoms. The summed E-state index contributed by atoms with van der Waals surface area (Å²) in [4.78, 5) is 11.7. The molecule has 5 heteroatoms. The van der Waals surface area contributed by atoms with Crippen LogP contribution in [0.15, 0.2) is 24.3 Å². The van der Waals surface area contributed by atoms with Gasteiger partial charge in [-0.2, -0.15) is 0 Å². The third-order valence-electron chi connectivity index (χ3n) is 2.99. The van der Waals surface area contributed by atoms with Crippen molar-refractivity contribution in [1.29, 1.82) is 0 Å². The van der Waals surface area contributed by atoms with Gasteiger partial charge in [0.25, 0.3) is 0 Å². The van der Waals surface area contributed by atoms with Crippen LogP contribution in [0.2, 0.25) is 0 Å². The third-order valence-corrected chi connectivity index (χ3v) is 2.99. The van der Waals surface area contributed by atoms with Crippen molar-refractivity contribution in [2.24, 2.45) is 0 Å². The second kappa shape index (κ2) is 8.55. The minimum Gasteiger partial charge on any atom is -0.497 e. The van der Waals surface area contributed by atoms with Gasteiger partial charge in [0.05, 0.1) is 20.3 Å². The molecule has 1 aromatic rings. The average molecular weight is 280 g/mol. The molecule has 1 unspecified atom stereocenters. The zero-order valence-electron chi connectivity index (χ0n) is 12.6. The Morgan fingerprint density at radius 1 is 1.30 bits per heavy atom. The first-order valence-electron chi connectivity index (χ1n) is 6.72. The lowest BCUT2D eigenvalue weighted by Gasteiger charge is -2.17. The maximum Gasteiger partial charge on any atom is 0.234 e. The van der Waals surface area contributed by atoms with Crippen LogP contribution < -0.4 is 15.4 Å². The van der Waals surface area contributed by atoms with Crippen molar-refractivity contribution in [3.8, 4) is 5.75 Å². The van der Waals surface area contributed by atoms with E-state index in [1.807, 2.05) is 38.1 Å². The molecule has 1 aromatic carbocycles. The van der Waals surface area contributed by atoms with Crippen molar-refractivity contribution in [3.05, 3.63) is 29.8 Å². The second-order valence-electron chi connectivity index (χ2n) is 4.80. The number of carbonyl (C=O) groups excluding carboxylic acids is 1. The van der Waals surface area contributed by atoms with Crippen LogP contribution in [0.4, 0.5) is 0 Å². The molecule has 0 heterocycles. The fourth-order valence-electron chi connectivity index (χ4n) is 1.89. The molecule has 1 amide bonds. The van der Waals surface area contributed by atoms with Gasteiger partial charge in [-0.1, -0.05) is 12.1 Å². The molecule has 2 N–H and O–H groups in total. The van der Waals surface area contributed by atoms with Crippen LogP contribution in [0.5, 0.6) is 5.75 Å². The highest BCUT2D eigenvalue weighted by Gasteiger charge is 2.10. The fraction of sp³-hybridized carbons (Fsp3) is 0.533. The maximum atomic E-state index is 11.7. The minimum absolute atomic E-state index is 0.0152. The van der Waals surface area contributed by atoms with Crippen molar-refractivity contribution in [2.45, 2.75) is 25.9 Å². The molecule has 0 saturated carbocycles. The summed E-state index contributed by atoms with van der Waals surface area (Å²) in [7, 11) is 3.26. The summed E-state index contributed by atoms with van der Waals surface area (Å²) >= 11 is 0. The number of benzene rings is 1. The maximum absolute atomic E-state index is 11.7. The van der Waals surface area contributed by atoms with E-state index in [1.165, 1.54) is 0 Å². The Morgan fingerprint density at radius 2 is 2.05 bits per heavy atom. The Balaban J connectivity index is 2.42. The fourth-order valence-corrected chi connectivity index (χ4v) is 1.89. The zero-order chi connectivity index (χ0) is 15.0. The molecule has 2 atom stereocenters. The van der Waals surface area contributed by atoms with Gasteiger partial charge in [-0.25, -0.2) is 0 Å². The highest BCUT2D eigenvalue weighted by Crippen LogP contribution is 2.18. The topological polar surface area (TPSA) is 59.6 Å². The van der Waals surface area contributed by atoms with E-state index in [0.717, 1.165) is 11.3 Å². The first-order chi connectivity index (χ1) is 9.56. The quantitative estimate of drug-likeness (QED) is 0.757. The summed E-state index contributed by atoms with van der Waals surface area (Å²) in [5.74, 6) is 0.776. The van der Waals surface area contributed by atoms with E-state index < -0.39 is 0 Å². The largest absolute Gasteiger partial charge is 0.497 e. The molecule has 0 aliphatic carbocycles. The van der Waals surface area contributed by atoms with Crippen molar-refractivity contribution in [1.82, 2.24) is 10.6 Å². The van der Waals surface area contributed by atoms with E-state index in [9.17, 15) is 4.79 Å². The molecular weight excluding hydrogens is 256 g/mol. The van der Waals surface area contributed by atoms with Gasteiger partial charge in [0.2, 0.25) is 5.91 Å². The lowest BCUT2D eigenvalue weighted by Crippen LogP contribution is -2.41. The van der Waals surface area contributed by atoms with Crippen LogP contribution in [0, 0.1) is 0 Å². The van der Waals surface area contributed by atoms with E-state index in [4.69, 9.17) is 9.47 Å². The molecule has 0 bridgehead atoms. The van der Waals surface area contributed by atoms with Gasteiger partial charge in [0.1, 0.15) is 5.75 Å². The summed E-state index contributed by atoms with van der Waals surface area (Å²) in [6.45, 7) is 4.71. The molecule has 0 aliphatic heterocycles. The lowest BCUT2D eigenvalue weighted by molar-refractivity contribution is -0.121. The summed E-state index contributed by atoms with van der Waals surface area (Å²) in [5.41, 5.74) is 1.09. The van der Waals surface area contributed by atoms with E-state index in [1.54, 1.807) is 14.2 Å². The van der Waals surface area contributed by atoms with Crippen LogP contribution in [0.3, 0.4) is 0 Å². The number of hydrogen-bond donors (Lipinski definition) is 2. The second-order valence-corrected chi connectivity index (χ2v) is 4.80. The van der Waals surface area contributed by atoms with Crippen LogP contribution in [0.25, 0.3) is 0 Å². The summed E-state index contributed by atoms with van der Waals surface area (Å²) in [5, 5.41) is 6.05. The third kappa shape index (κ3) is 5.59. The normalized spacial score (nSPS) is 13.6. The molecule has 5 nitrogen and oxygen atoms in total. The molecule has 0 aliphatic rings. The van der Waals surface area contributed by atoms with Crippen molar-refractivity contribution < 1.29 is 14.3 Å². The summed E-state index contributed by atoms with van der Waals surface area (Å²) in [6.07, 6.45) is 0. The van der Waals surface area contributed by atoms with Crippen LogP contribution >= 0.6 is 0 Å². The Labute approximate surface area is 120 Å². The predicted molar refractivity (Wildman–Crippen MR) is 78.9 cm³/mol. The molecule has 0 radical (unpaired) electrons. The number of nitrogens with one attached hydrogen (secondary N) is 2. The summed E-state index contributed by atoms with van der Waals surface area (Å²) < 4.78 is 10.2. The zero-order valence-corrected chi connectivity index (χ0v) is 12.6. The smallest absolute Gasteiger partial charge is 0.234 e. The first kappa shape index (κ1) is 16.5. The average Bonchev–Trinajstić information content (AvgIpc) is 2.45. The van der Waals surface area contributed by atoms with Gasteiger partial charge in [-0.15, -0.1) is 0 Å². The Hall–Kier alpha value is -1.59. The number of rotatable bonds is 8. The highest BCUT2D eigenvalue weighted by atomic mass is 16.5. The SMILES string of the molecule is COCC(C)NC(=O)CN[C@H](C)c1cccc(OC)c1. The van der Waals surface area contributed by atoms with Gasteiger partial charge in [-0.3, -0.25) is 4.79 Å². The molecule has 0 aromatic heterocycles. The van der Waals surface area contributed by atoms with E-state index in [-0.39, 0.29) is 24.5 Å². The number of amides is 1. The minimum atomic E-state index is -0.0377. The van der Waals surface area contributed by atoms with Crippen molar-refractivity contribution in [2.75, 3.05) is 27.4 Å². The Morgan fingerprint density at radius 3 is 2.70 bits per heavy atom. The number of methoxy groups -OCH3 is 2. The predicted octanol–water partition coefficient (Wildman–Crippen LogP) is 1.50. The van der Waals surface area contributed by atoms with Gasteiger partial charge in [0.15, 0.2) is 0 Å². The Kier molecular flexibility index (Phi) is 7.04. The van der Waals surface area contributed by atoms with Crippen molar-refractivity contribution >= 4 is 5.91 Å². The Bertz CT molecular complexity index is 423. The standard InChI is InChI=1S/C15H24N2O3/c1-11(10-19-3)17-15(18)9-16-12(2)13-6-5-7-14(8-13)20-4/h5-8,11-12,16H,9-10H2,1-4H3,(H,17,18)/t11?,12-/m1/s1. The van der Waals surface area contributed by atoms with E-state index in [2.05, 4.69) is 10.6 Å². The number of carbonyl (C=O) groups is 1. The van der Waals surface area contributed by atoms with Crippen LogP contribution in [-0.2, 0) is 9.53 Å². The lowest BCUT2D eigenvalue weighted by atomic mass is 10.1. The highest BCUT2D eigenvalue weighted by molar-refractivity contribution is 5.78. The van der Waals surface area contributed by atoms with Gasteiger partial charge >= 0.3 is 0 Å². The molecule has 0 saturated heterocycles. The molecule has 0 spiro atoms. The number of ether oxygens (including phenoxy) is 2. The monoisotopic (exact) mass is 280 g/mol. The van der Waals surface area contributed by atoms with E-state index in [0.29, 0.717) is 6.61 Å². The summed E-state index contributed by atoms with van der Waals surface area (Å²) in [6, 6.07) is 7.90. The molecular formula is C15H24N2O3. The number of hydrogen-bond acceptors (Lipinski definition) is 4. The van der Waals surface area contributed by atoms with E-state index >= 15 is 0 Å². The van der Waals surface area contributed by atoms with Gasteiger partial charge in [-0.05, 0) is 31.5 Å². The molecule has 1 rings (SSSR count). The molecule has 0 fully saturated rings.